The van der Waals surface area contributed by atoms with Crippen LogP contribution in [0.2, 0.25) is 0 Å². The summed E-state index contributed by atoms with van der Waals surface area (Å²) in [6, 6.07) is 7.12. The highest BCUT2D eigenvalue weighted by Crippen LogP contribution is 2.58. The van der Waals surface area contributed by atoms with Crippen LogP contribution in [0.1, 0.15) is 56.7 Å². The van der Waals surface area contributed by atoms with E-state index < -0.39 is 0 Å². The summed E-state index contributed by atoms with van der Waals surface area (Å²) < 4.78 is 0. The lowest BCUT2D eigenvalue weighted by Crippen LogP contribution is -2.52. The van der Waals surface area contributed by atoms with E-state index in [1.54, 1.807) is 11.1 Å². The fourth-order valence-electron chi connectivity index (χ4n) is 4.76. The normalized spacial score (nSPS) is 36.5. The number of rotatable bonds is 0. The Labute approximate surface area is 126 Å². The molecule has 0 spiro atoms. The Kier molecular flexibility index (Phi) is 3.13. The van der Waals surface area contributed by atoms with E-state index in [-0.39, 0.29) is 0 Å². The highest BCUT2D eigenvalue weighted by Gasteiger charge is 2.52. The molecule has 3 unspecified atom stereocenters. The number of benzene rings is 1. The van der Waals surface area contributed by atoms with Gasteiger partial charge in [-0.15, -0.1) is 0 Å². The number of halogens is 1. The molecule has 0 N–H and O–H groups in total. The molecule has 3 rings (SSSR count). The molecular formula is C18H25Br. The Hall–Kier alpha value is -0.300. The molecule has 0 radical (unpaired) electrons. The van der Waals surface area contributed by atoms with Gasteiger partial charge in [-0.05, 0) is 60.5 Å². The quantitative estimate of drug-likeness (QED) is 0.561. The van der Waals surface area contributed by atoms with Crippen LogP contribution in [-0.4, -0.2) is 4.83 Å². The van der Waals surface area contributed by atoms with E-state index in [1.165, 1.54) is 31.2 Å². The lowest BCUT2D eigenvalue weighted by Gasteiger charge is -2.56. The van der Waals surface area contributed by atoms with Crippen molar-refractivity contribution < 1.29 is 0 Å². The second-order valence-electron chi connectivity index (χ2n) is 7.50. The van der Waals surface area contributed by atoms with Crippen molar-refractivity contribution in [2.24, 2.45) is 11.3 Å². The number of aryl methyl sites for hydroxylation is 2. The minimum absolute atomic E-state index is 0.382. The molecule has 0 bridgehead atoms. The third kappa shape index (κ3) is 1.92. The standard InChI is InChI=1S/C18H25Br/c1-12-5-6-13-7-8-15-17(2,3)16(19)9-10-18(15,4)14(13)11-12/h5-6,11,15-16H,7-10H2,1-4H3. The van der Waals surface area contributed by atoms with Crippen molar-refractivity contribution in [3.63, 3.8) is 0 Å². The predicted octanol–water partition coefficient (Wildman–Crippen LogP) is 5.40. The first-order chi connectivity index (χ1) is 8.85. The Morgan fingerprint density at radius 2 is 1.89 bits per heavy atom. The fraction of sp³-hybridized carbons (Fsp3) is 0.667. The monoisotopic (exact) mass is 320 g/mol. The summed E-state index contributed by atoms with van der Waals surface area (Å²) in [6.07, 6.45) is 5.24. The Balaban J connectivity index is 2.12. The molecular weight excluding hydrogens is 296 g/mol. The van der Waals surface area contributed by atoms with Crippen molar-refractivity contribution in [1.29, 1.82) is 0 Å². The van der Waals surface area contributed by atoms with Crippen LogP contribution in [0.5, 0.6) is 0 Å². The summed E-state index contributed by atoms with van der Waals surface area (Å²) in [6.45, 7) is 9.69. The minimum atomic E-state index is 0.382. The SMILES string of the molecule is Cc1ccc2c(c1)C1(C)CCC(Br)C(C)(C)C1CC2. The predicted molar refractivity (Wildman–Crippen MR) is 86.1 cm³/mol. The van der Waals surface area contributed by atoms with Gasteiger partial charge in [0.1, 0.15) is 0 Å². The smallest absolute Gasteiger partial charge is 0.0200 e. The van der Waals surface area contributed by atoms with Gasteiger partial charge in [-0.2, -0.15) is 0 Å². The second kappa shape index (κ2) is 4.35. The van der Waals surface area contributed by atoms with E-state index in [2.05, 4.69) is 61.8 Å². The van der Waals surface area contributed by atoms with Gasteiger partial charge in [-0.3, -0.25) is 0 Å². The van der Waals surface area contributed by atoms with E-state index in [9.17, 15) is 0 Å². The van der Waals surface area contributed by atoms with Crippen molar-refractivity contribution >= 4 is 15.9 Å². The molecule has 0 aliphatic heterocycles. The van der Waals surface area contributed by atoms with Gasteiger partial charge in [0.05, 0.1) is 0 Å². The third-order valence-corrected chi connectivity index (χ3v) is 7.61. The first-order valence-electron chi connectivity index (χ1n) is 7.60. The molecule has 1 fully saturated rings. The van der Waals surface area contributed by atoms with Crippen LogP contribution in [-0.2, 0) is 11.8 Å². The summed E-state index contributed by atoms with van der Waals surface area (Å²) in [5.41, 5.74) is 5.45. The molecule has 0 nitrogen and oxygen atoms in total. The number of hydrogen-bond acceptors (Lipinski definition) is 0. The van der Waals surface area contributed by atoms with Gasteiger partial charge in [0.15, 0.2) is 0 Å². The maximum atomic E-state index is 3.95. The van der Waals surface area contributed by atoms with Gasteiger partial charge < -0.3 is 0 Å². The first kappa shape index (κ1) is 13.7. The molecule has 1 saturated carbocycles. The summed E-state index contributed by atoms with van der Waals surface area (Å²) in [5, 5.41) is 0. The summed E-state index contributed by atoms with van der Waals surface area (Å²) in [5.74, 6) is 0.799. The maximum Gasteiger partial charge on any atom is 0.0200 e. The zero-order valence-electron chi connectivity index (χ0n) is 12.6. The number of hydrogen-bond donors (Lipinski definition) is 0. The molecule has 0 saturated heterocycles. The Morgan fingerprint density at radius 1 is 1.16 bits per heavy atom. The van der Waals surface area contributed by atoms with Crippen LogP contribution in [0.3, 0.4) is 0 Å². The molecule has 0 heterocycles. The fourth-order valence-corrected chi connectivity index (χ4v) is 5.31. The van der Waals surface area contributed by atoms with Gasteiger partial charge in [0.25, 0.3) is 0 Å². The van der Waals surface area contributed by atoms with E-state index in [1.807, 2.05) is 0 Å². The lowest BCUT2D eigenvalue weighted by atomic mass is 9.50. The second-order valence-corrected chi connectivity index (χ2v) is 8.60. The number of alkyl halides is 1. The molecule has 1 aromatic carbocycles. The average molecular weight is 321 g/mol. The molecule has 1 aromatic rings. The third-order valence-electron chi connectivity index (χ3n) is 5.97. The average Bonchev–Trinajstić information content (AvgIpc) is 2.35. The van der Waals surface area contributed by atoms with Crippen LogP contribution in [0.15, 0.2) is 18.2 Å². The van der Waals surface area contributed by atoms with Crippen LogP contribution >= 0.6 is 15.9 Å². The molecule has 2 aliphatic carbocycles. The first-order valence-corrected chi connectivity index (χ1v) is 8.51. The van der Waals surface area contributed by atoms with Crippen LogP contribution in [0, 0.1) is 18.3 Å². The molecule has 104 valence electrons. The molecule has 0 aromatic heterocycles. The zero-order chi connectivity index (χ0) is 13.8. The van der Waals surface area contributed by atoms with Crippen molar-refractivity contribution in [1.82, 2.24) is 0 Å². The maximum absolute atomic E-state index is 3.95. The Morgan fingerprint density at radius 3 is 2.63 bits per heavy atom. The summed E-state index contributed by atoms with van der Waals surface area (Å²) in [7, 11) is 0. The number of fused-ring (bicyclic) bond motifs is 3. The van der Waals surface area contributed by atoms with Crippen LogP contribution in [0.4, 0.5) is 0 Å². The minimum Gasteiger partial charge on any atom is -0.0885 e. The largest absolute Gasteiger partial charge is 0.0885 e. The van der Waals surface area contributed by atoms with E-state index in [0.717, 1.165) is 5.92 Å². The van der Waals surface area contributed by atoms with Crippen LogP contribution < -0.4 is 0 Å². The van der Waals surface area contributed by atoms with Crippen molar-refractivity contribution in [3.8, 4) is 0 Å². The van der Waals surface area contributed by atoms with Crippen LogP contribution in [0.25, 0.3) is 0 Å². The van der Waals surface area contributed by atoms with E-state index in [0.29, 0.717) is 15.7 Å². The topological polar surface area (TPSA) is 0 Å². The summed E-state index contributed by atoms with van der Waals surface area (Å²) in [4.78, 5) is 0.671. The molecule has 3 atom stereocenters. The van der Waals surface area contributed by atoms with Gasteiger partial charge in [0, 0.05) is 4.83 Å². The van der Waals surface area contributed by atoms with Gasteiger partial charge in [0.2, 0.25) is 0 Å². The molecule has 2 aliphatic rings. The highest BCUT2D eigenvalue weighted by atomic mass is 79.9. The summed E-state index contributed by atoms with van der Waals surface area (Å²) >= 11 is 3.95. The lowest BCUT2D eigenvalue weighted by molar-refractivity contribution is 0.0492. The zero-order valence-corrected chi connectivity index (χ0v) is 14.2. The van der Waals surface area contributed by atoms with E-state index >= 15 is 0 Å². The highest BCUT2D eigenvalue weighted by molar-refractivity contribution is 9.09. The van der Waals surface area contributed by atoms with Crippen molar-refractivity contribution in [3.05, 3.63) is 34.9 Å². The molecule has 19 heavy (non-hydrogen) atoms. The molecule has 0 amide bonds. The van der Waals surface area contributed by atoms with Gasteiger partial charge >= 0.3 is 0 Å². The van der Waals surface area contributed by atoms with E-state index in [4.69, 9.17) is 0 Å². The van der Waals surface area contributed by atoms with Crippen molar-refractivity contribution in [2.45, 2.75) is 63.6 Å². The Bertz CT molecular complexity index is 502. The van der Waals surface area contributed by atoms with Gasteiger partial charge in [-0.1, -0.05) is 60.5 Å². The van der Waals surface area contributed by atoms with Gasteiger partial charge in [-0.25, -0.2) is 0 Å². The molecule has 1 heteroatoms. The van der Waals surface area contributed by atoms with Crippen molar-refractivity contribution in [2.75, 3.05) is 0 Å².